The van der Waals surface area contributed by atoms with Crippen LogP contribution in [-0.4, -0.2) is 28.2 Å². The first kappa shape index (κ1) is 18.3. The number of anilines is 1. The molecule has 0 saturated heterocycles. The molecule has 0 aliphatic heterocycles. The molecule has 0 spiro atoms. The monoisotopic (exact) mass is 363 g/mol. The van der Waals surface area contributed by atoms with Crippen molar-refractivity contribution in [2.45, 2.75) is 13.8 Å². The number of aromatic nitrogens is 2. The minimum Gasteiger partial charge on any atom is -0.494 e. The summed E-state index contributed by atoms with van der Waals surface area (Å²) in [6, 6.07) is 12.2. The van der Waals surface area contributed by atoms with E-state index in [0.717, 1.165) is 29.4 Å². The van der Waals surface area contributed by atoms with Crippen molar-refractivity contribution in [2.75, 3.05) is 18.0 Å². The van der Waals surface area contributed by atoms with E-state index in [-0.39, 0.29) is 5.56 Å². The van der Waals surface area contributed by atoms with Crippen molar-refractivity contribution in [3.05, 3.63) is 74.1 Å². The summed E-state index contributed by atoms with van der Waals surface area (Å²) in [5.74, 6) is -0.480. The summed E-state index contributed by atoms with van der Waals surface area (Å²) in [4.78, 5) is 29.4. The molecule has 138 valence electrons. The second-order valence-electron chi connectivity index (χ2n) is 6.02. The van der Waals surface area contributed by atoms with Gasteiger partial charge in [-0.2, -0.15) is 0 Å². The highest BCUT2D eigenvalue weighted by atomic mass is 16.3. The van der Waals surface area contributed by atoms with Crippen LogP contribution in [0.1, 0.15) is 25.0 Å². The van der Waals surface area contributed by atoms with Gasteiger partial charge in [0.15, 0.2) is 0 Å². The lowest BCUT2D eigenvalue weighted by Crippen LogP contribution is -2.23. The molecule has 3 aromatic rings. The van der Waals surface area contributed by atoms with Crippen LogP contribution in [0.5, 0.6) is 5.88 Å². The molecule has 0 saturated carbocycles. The summed E-state index contributed by atoms with van der Waals surface area (Å²) in [6.07, 6.45) is 3.09. The molecule has 0 radical (unpaired) electrons. The fourth-order valence-corrected chi connectivity index (χ4v) is 3.11. The SMILES string of the molecule is CCN(CC)c1ccc(C=C=Cc2c(O)[nH]c(=O)[nH]c2=O)c2ccccc12. The Balaban J connectivity index is 2.09. The van der Waals surface area contributed by atoms with Crippen molar-refractivity contribution >= 4 is 28.6 Å². The van der Waals surface area contributed by atoms with Crippen molar-refractivity contribution in [2.24, 2.45) is 0 Å². The van der Waals surface area contributed by atoms with Gasteiger partial charge < -0.3 is 10.0 Å². The number of aromatic hydroxyl groups is 1. The third-order valence-corrected chi connectivity index (χ3v) is 4.46. The Morgan fingerprint density at radius 3 is 2.37 bits per heavy atom. The lowest BCUT2D eigenvalue weighted by molar-refractivity contribution is 0.447. The summed E-state index contributed by atoms with van der Waals surface area (Å²) in [5, 5.41) is 11.9. The zero-order valence-electron chi connectivity index (χ0n) is 15.2. The number of nitrogens with one attached hydrogen (secondary N) is 2. The topological polar surface area (TPSA) is 89.2 Å². The molecule has 0 amide bonds. The molecule has 0 atom stereocenters. The highest BCUT2D eigenvalue weighted by Gasteiger charge is 2.09. The first-order valence-corrected chi connectivity index (χ1v) is 8.79. The normalized spacial score (nSPS) is 10.4. The van der Waals surface area contributed by atoms with Crippen molar-refractivity contribution in [1.82, 2.24) is 9.97 Å². The number of aromatic amines is 2. The standard InChI is InChI=1S/C21H21N3O3/c1-3-24(4-2)18-13-12-14(15-9-5-6-10-16(15)18)8-7-11-17-19(25)22-21(27)23-20(17)26/h5-6,8-13H,3-4H2,1-2H3,(H3,22,23,25,26,27). The maximum Gasteiger partial charge on any atom is 0.328 e. The number of hydrogen-bond acceptors (Lipinski definition) is 4. The van der Waals surface area contributed by atoms with E-state index in [1.54, 1.807) is 6.08 Å². The number of rotatable bonds is 5. The number of fused-ring (bicyclic) bond motifs is 1. The predicted octanol–water partition coefficient (Wildman–Crippen LogP) is 3.09. The molecule has 0 aliphatic carbocycles. The van der Waals surface area contributed by atoms with E-state index >= 15 is 0 Å². The molecular weight excluding hydrogens is 342 g/mol. The minimum atomic E-state index is -0.753. The second kappa shape index (κ2) is 7.81. The number of H-pyrrole nitrogens is 2. The van der Waals surface area contributed by atoms with E-state index in [2.05, 4.69) is 46.6 Å². The molecule has 0 fully saturated rings. The van der Waals surface area contributed by atoms with Gasteiger partial charge in [0.25, 0.3) is 5.56 Å². The van der Waals surface area contributed by atoms with Crippen LogP contribution in [0.2, 0.25) is 0 Å². The van der Waals surface area contributed by atoms with Gasteiger partial charge >= 0.3 is 5.69 Å². The Hall–Kier alpha value is -3.50. The van der Waals surface area contributed by atoms with Gasteiger partial charge in [-0.3, -0.25) is 14.8 Å². The molecule has 0 bridgehead atoms. The van der Waals surface area contributed by atoms with Gasteiger partial charge in [0.2, 0.25) is 5.88 Å². The molecule has 6 heteroatoms. The Kier molecular flexibility index (Phi) is 5.29. The maximum atomic E-state index is 11.8. The number of hydrogen-bond donors (Lipinski definition) is 3. The van der Waals surface area contributed by atoms with E-state index in [0.29, 0.717) is 0 Å². The Labute approximate surface area is 156 Å². The van der Waals surface area contributed by atoms with E-state index in [4.69, 9.17) is 0 Å². The van der Waals surface area contributed by atoms with Crippen LogP contribution in [0.25, 0.3) is 22.9 Å². The highest BCUT2D eigenvalue weighted by molar-refractivity contribution is 5.99. The number of benzene rings is 2. The zero-order chi connectivity index (χ0) is 19.4. The lowest BCUT2D eigenvalue weighted by atomic mass is 10.0. The van der Waals surface area contributed by atoms with Crippen LogP contribution < -0.4 is 16.1 Å². The summed E-state index contributed by atoms with van der Waals surface area (Å²) < 4.78 is 0. The van der Waals surface area contributed by atoms with E-state index < -0.39 is 17.1 Å². The molecule has 0 aliphatic rings. The fraction of sp³-hybridized carbons (Fsp3) is 0.190. The van der Waals surface area contributed by atoms with E-state index in [1.807, 2.05) is 24.3 Å². The molecule has 0 unspecified atom stereocenters. The molecule has 1 aromatic heterocycles. The quantitative estimate of drug-likeness (QED) is 0.608. The summed E-state index contributed by atoms with van der Waals surface area (Å²) in [7, 11) is 0. The van der Waals surface area contributed by atoms with Gasteiger partial charge in [-0.05, 0) is 43.0 Å². The summed E-state index contributed by atoms with van der Waals surface area (Å²) in [6.45, 7) is 6.10. The number of nitrogens with zero attached hydrogens (tertiary/aromatic N) is 1. The largest absolute Gasteiger partial charge is 0.494 e. The molecule has 27 heavy (non-hydrogen) atoms. The summed E-state index contributed by atoms with van der Waals surface area (Å²) in [5.41, 5.74) is 3.57. The van der Waals surface area contributed by atoms with Crippen LogP contribution in [0.3, 0.4) is 0 Å². The van der Waals surface area contributed by atoms with Crippen LogP contribution in [0.4, 0.5) is 5.69 Å². The third kappa shape index (κ3) is 3.71. The molecule has 2 aromatic carbocycles. The van der Waals surface area contributed by atoms with Crippen LogP contribution in [-0.2, 0) is 0 Å². The van der Waals surface area contributed by atoms with Gasteiger partial charge in [0.05, 0.1) is 0 Å². The fourth-order valence-electron chi connectivity index (χ4n) is 3.11. The van der Waals surface area contributed by atoms with Gasteiger partial charge in [-0.1, -0.05) is 30.3 Å². The Morgan fingerprint density at radius 1 is 1.00 bits per heavy atom. The van der Waals surface area contributed by atoms with Crippen molar-refractivity contribution in [3.63, 3.8) is 0 Å². The average molecular weight is 363 g/mol. The first-order valence-electron chi connectivity index (χ1n) is 8.79. The van der Waals surface area contributed by atoms with Crippen molar-refractivity contribution in [3.8, 4) is 5.88 Å². The second-order valence-corrected chi connectivity index (χ2v) is 6.02. The third-order valence-electron chi connectivity index (χ3n) is 4.46. The molecule has 1 heterocycles. The van der Waals surface area contributed by atoms with Crippen LogP contribution in [0.15, 0.2) is 51.7 Å². The van der Waals surface area contributed by atoms with Crippen molar-refractivity contribution in [1.29, 1.82) is 0 Å². The van der Waals surface area contributed by atoms with Gasteiger partial charge in [0, 0.05) is 24.2 Å². The smallest absolute Gasteiger partial charge is 0.328 e. The van der Waals surface area contributed by atoms with Crippen LogP contribution >= 0.6 is 0 Å². The van der Waals surface area contributed by atoms with E-state index in [1.165, 1.54) is 11.8 Å². The first-order chi connectivity index (χ1) is 13.0. The van der Waals surface area contributed by atoms with Crippen LogP contribution in [0, 0.1) is 0 Å². The highest BCUT2D eigenvalue weighted by Crippen LogP contribution is 2.30. The van der Waals surface area contributed by atoms with Gasteiger partial charge in [-0.25, -0.2) is 4.79 Å². The average Bonchev–Trinajstić information content (AvgIpc) is 2.65. The Bertz CT molecular complexity index is 1150. The van der Waals surface area contributed by atoms with Gasteiger partial charge in [0.1, 0.15) is 5.56 Å². The molecular formula is C21H21N3O3. The van der Waals surface area contributed by atoms with Crippen molar-refractivity contribution < 1.29 is 5.11 Å². The lowest BCUT2D eigenvalue weighted by Gasteiger charge is -2.23. The van der Waals surface area contributed by atoms with Gasteiger partial charge in [-0.15, -0.1) is 5.73 Å². The van der Waals surface area contributed by atoms with E-state index in [9.17, 15) is 14.7 Å². The molecule has 6 nitrogen and oxygen atoms in total. The predicted molar refractivity (Wildman–Crippen MR) is 109 cm³/mol. The minimum absolute atomic E-state index is 0.0464. The Morgan fingerprint density at radius 2 is 1.70 bits per heavy atom. The molecule has 3 N–H and O–H groups in total. The maximum absolute atomic E-state index is 11.8. The summed E-state index contributed by atoms with van der Waals surface area (Å²) >= 11 is 0. The zero-order valence-corrected chi connectivity index (χ0v) is 15.2. The molecule has 3 rings (SSSR count).